The van der Waals surface area contributed by atoms with E-state index in [4.69, 9.17) is 4.74 Å². The Hall–Kier alpha value is -1.20. The van der Waals surface area contributed by atoms with Gasteiger partial charge in [0.05, 0.1) is 30.0 Å². The Morgan fingerprint density at radius 2 is 2.30 bits per heavy atom. The average molecular weight is 293 g/mol. The van der Waals surface area contributed by atoms with Crippen LogP contribution in [0.5, 0.6) is 0 Å². The molecule has 1 aliphatic heterocycles. The second-order valence-corrected chi connectivity index (χ2v) is 6.11. The predicted octanol–water partition coefficient (Wildman–Crippen LogP) is 2.86. The molecule has 1 N–H and O–H groups in total. The van der Waals surface area contributed by atoms with Crippen LogP contribution in [0, 0.1) is 0 Å². The summed E-state index contributed by atoms with van der Waals surface area (Å²) in [7, 11) is 0. The molecule has 0 spiro atoms. The van der Waals surface area contributed by atoms with E-state index in [0.29, 0.717) is 18.2 Å². The molecule has 5 heteroatoms. The second-order valence-electron chi connectivity index (χ2n) is 5.26. The first-order valence-electron chi connectivity index (χ1n) is 7.01. The summed E-state index contributed by atoms with van der Waals surface area (Å²) in [6.45, 7) is 1.46. The standard InChI is InChI=1S/C15H19NO3S/c1-20-13-7-3-5-11(14(13)15(17)18)16-8-9-19-12-6-2-4-10(12)16/h3,5,7,10,12H,2,4,6,8-9H2,1H3,(H,17,18). The number of aromatic carboxylic acids is 1. The Morgan fingerprint density at radius 1 is 1.45 bits per heavy atom. The van der Waals surface area contributed by atoms with Gasteiger partial charge in [-0.05, 0) is 37.7 Å². The minimum Gasteiger partial charge on any atom is -0.478 e. The molecule has 0 radical (unpaired) electrons. The van der Waals surface area contributed by atoms with E-state index < -0.39 is 5.97 Å². The van der Waals surface area contributed by atoms with Crippen LogP contribution in [-0.2, 0) is 4.74 Å². The van der Waals surface area contributed by atoms with Gasteiger partial charge in [-0.2, -0.15) is 0 Å². The number of anilines is 1. The zero-order chi connectivity index (χ0) is 14.1. The van der Waals surface area contributed by atoms with Gasteiger partial charge >= 0.3 is 5.97 Å². The Bertz CT molecular complexity index is 520. The monoisotopic (exact) mass is 293 g/mol. The van der Waals surface area contributed by atoms with E-state index in [0.717, 1.165) is 36.4 Å². The molecule has 108 valence electrons. The molecule has 1 saturated heterocycles. The SMILES string of the molecule is CSc1cccc(N2CCOC3CCCC32)c1C(=O)O. The van der Waals surface area contributed by atoms with E-state index in [2.05, 4.69) is 4.90 Å². The van der Waals surface area contributed by atoms with Crippen LogP contribution in [0.15, 0.2) is 23.1 Å². The molecule has 20 heavy (non-hydrogen) atoms. The summed E-state index contributed by atoms with van der Waals surface area (Å²) < 4.78 is 5.82. The fourth-order valence-corrected chi connectivity index (χ4v) is 3.98. The lowest BCUT2D eigenvalue weighted by atomic mass is 10.1. The lowest BCUT2D eigenvalue weighted by Gasteiger charge is -2.40. The molecule has 1 saturated carbocycles. The van der Waals surface area contributed by atoms with Gasteiger partial charge in [0.15, 0.2) is 0 Å². The second kappa shape index (κ2) is 5.66. The molecule has 1 aromatic rings. The number of thioether (sulfide) groups is 1. The first kappa shape index (κ1) is 13.8. The molecular weight excluding hydrogens is 274 g/mol. The first-order chi connectivity index (χ1) is 9.72. The van der Waals surface area contributed by atoms with Crippen molar-refractivity contribution in [1.29, 1.82) is 0 Å². The maximum Gasteiger partial charge on any atom is 0.338 e. The number of hydrogen-bond donors (Lipinski definition) is 1. The lowest BCUT2D eigenvalue weighted by molar-refractivity contribution is 0.0254. The van der Waals surface area contributed by atoms with Crippen LogP contribution in [0.25, 0.3) is 0 Å². The Morgan fingerprint density at radius 3 is 3.05 bits per heavy atom. The molecule has 1 heterocycles. The third kappa shape index (κ3) is 2.29. The van der Waals surface area contributed by atoms with E-state index >= 15 is 0 Å². The molecule has 4 nitrogen and oxygen atoms in total. The summed E-state index contributed by atoms with van der Waals surface area (Å²) in [5.74, 6) is -0.842. The average Bonchev–Trinajstić information content (AvgIpc) is 2.94. The highest BCUT2D eigenvalue weighted by Crippen LogP contribution is 2.37. The Labute approximate surface area is 123 Å². The van der Waals surface area contributed by atoms with E-state index in [9.17, 15) is 9.90 Å². The highest BCUT2D eigenvalue weighted by Gasteiger charge is 2.37. The summed E-state index contributed by atoms with van der Waals surface area (Å²) in [6.07, 6.45) is 5.53. The van der Waals surface area contributed by atoms with Crippen molar-refractivity contribution in [2.24, 2.45) is 0 Å². The molecule has 2 aliphatic rings. The summed E-state index contributed by atoms with van der Waals surface area (Å²) in [5.41, 5.74) is 1.29. The predicted molar refractivity (Wildman–Crippen MR) is 79.9 cm³/mol. The smallest absolute Gasteiger partial charge is 0.338 e. The number of nitrogens with zero attached hydrogens (tertiary/aromatic N) is 1. The van der Waals surface area contributed by atoms with Crippen LogP contribution in [0.4, 0.5) is 5.69 Å². The van der Waals surface area contributed by atoms with Gasteiger partial charge in [-0.15, -0.1) is 11.8 Å². The number of carboxylic acid groups (broad SMARTS) is 1. The van der Waals surface area contributed by atoms with Gasteiger partial charge < -0.3 is 14.7 Å². The van der Waals surface area contributed by atoms with Crippen molar-refractivity contribution in [3.05, 3.63) is 23.8 Å². The fourth-order valence-electron chi connectivity index (χ4n) is 3.37. The quantitative estimate of drug-likeness (QED) is 0.868. The molecule has 1 aliphatic carbocycles. The topological polar surface area (TPSA) is 49.8 Å². The van der Waals surface area contributed by atoms with Gasteiger partial charge in [0, 0.05) is 11.4 Å². The number of carbonyl (C=O) groups is 1. The van der Waals surface area contributed by atoms with Crippen LogP contribution >= 0.6 is 11.8 Å². The minimum absolute atomic E-state index is 0.267. The van der Waals surface area contributed by atoms with Gasteiger partial charge in [0.2, 0.25) is 0 Å². The van der Waals surface area contributed by atoms with Crippen molar-refractivity contribution in [2.75, 3.05) is 24.3 Å². The molecule has 0 aromatic heterocycles. The first-order valence-corrected chi connectivity index (χ1v) is 8.23. The highest BCUT2D eigenvalue weighted by molar-refractivity contribution is 7.98. The molecule has 2 fully saturated rings. The Balaban J connectivity index is 2.02. The summed E-state index contributed by atoms with van der Waals surface area (Å²) in [6, 6.07) is 6.10. The van der Waals surface area contributed by atoms with Crippen molar-refractivity contribution in [3.8, 4) is 0 Å². The zero-order valence-corrected chi connectivity index (χ0v) is 12.4. The third-order valence-corrected chi connectivity index (χ3v) is 5.01. The van der Waals surface area contributed by atoms with Crippen LogP contribution in [0.2, 0.25) is 0 Å². The van der Waals surface area contributed by atoms with Gasteiger partial charge in [-0.25, -0.2) is 4.79 Å². The number of ether oxygens (including phenoxy) is 1. The van der Waals surface area contributed by atoms with Crippen LogP contribution in [-0.4, -0.2) is 42.6 Å². The number of benzene rings is 1. The van der Waals surface area contributed by atoms with E-state index in [1.807, 2.05) is 24.5 Å². The molecule has 2 unspecified atom stereocenters. The third-order valence-electron chi connectivity index (χ3n) is 4.23. The van der Waals surface area contributed by atoms with Crippen LogP contribution in [0.3, 0.4) is 0 Å². The van der Waals surface area contributed by atoms with E-state index in [1.165, 1.54) is 11.8 Å². The zero-order valence-electron chi connectivity index (χ0n) is 11.5. The van der Waals surface area contributed by atoms with E-state index in [-0.39, 0.29) is 6.10 Å². The largest absolute Gasteiger partial charge is 0.478 e. The highest BCUT2D eigenvalue weighted by atomic mass is 32.2. The number of hydrogen-bond acceptors (Lipinski definition) is 4. The van der Waals surface area contributed by atoms with Crippen molar-refractivity contribution < 1.29 is 14.6 Å². The molecular formula is C15H19NO3S. The van der Waals surface area contributed by atoms with Gasteiger partial charge in [0.1, 0.15) is 0 Å². The molecule has 0 amide bonds. The van der Waals surface area contributed by atoms with E-state index in [1.54, 1.807) is 0 Å². The van der Waals surface area contributed by atoms with Crippen molar-refractivity contribution >= 4 is 23.4 Å². The minimum atomic E-state index is -0.842. The van der Waals surface area contributed by atoms with Crippen LogP contribution < -0.4 is 4.90 Å². The maximum absolute atomic E-state index is 11.7. The molecule has 1 aromatic carbocycles. The lowest BCUT2D eigenvalue weighted by Crippen LogP contribution is -2.49. The van der Waals surface area contributed by atoms with Gasteiger partial charge in [0.25, 0.3) is 0 Å². The summed E-state index contributed by atoms with van der Waals surface area (Å²) in [4.78, 5) is 14.7. The van der Waals surface area contributed by atoms with Crippen molar-refractivity contribution in [1.82, 2.24) is 0 Å². The molecule has 0 bridgehead atoms. The van der Waals surface area contributed by atoms with Crippen molar-refractivity contribution in [2.45, 2.75) is 36.3 Å². The number of rotatable bonds is 3. The molecule has 3 rings (SSSR count). The van der Waals surface area contributed by atoms with Gasteiger partial charge in [-0.1, -0.05) is 6.07 Å². The molecule has 2 atom stereocenters. The summed E-state index contributed by atoms with van der Waals surface area (Å²) in [5, 5.41) is 9.58. The van der Waals surface area contributed by atoms with Gasteiger partial charge in [-0.3, -0.25) is 0 Å². The summed E-state index contributed by atoms with van der Waals surface area (Å²) >= 11 is 1.49. The number of morpholine rings is 1. The van der Waals surface area contributed by atoms with Crippen LogP contribution in [0.1, 0.15) is 29.6 Å². The maximum atomic E-state index is 11.7. The fraction of sp³-hybridized carbons (Fsp3) is 0.533. The number of fused-ring (bicyclic) bond motifs is 1. The van der Waals surface area contributed by atoms with Crippen molar-refractivity contribution in [3.63, 3.8) is 0 Å². The Kier molecular flexibility index (Phi) is 3.89. The normalized spacial score (nSPS) is 25.6. The number of carboxylic acids is 1.